The highest BCUT2D eigenvalue weighted by molar-refractivity contribution is 5.66. The van der Waals surface area contributed by atoms with E-state index in [0.717, 1.165) is 5.56 Å². The average molecular weight is 352 g/mol. The van der Waals surface area contributed by atoms with Gasteiger partial charge >= 0.3 is 6.09 Å². The van der Waals surface area contributed by atoms with Crippen LogP contribution in [0, 0.1) is 0 Å². The highest BCUT2D eigenvalue weighted by Gasteiger charge is 2.37. The minimum absolute atomic E-state index is 0.134. The highest BCUT2D eigenvalue weighted by atomic mass is 16.7. The maximum Gasteiger partial charge on any atom is 0.408 e. The molecule has 142 valence electrons. The van der Waals surface area contributed by atoms with E-state index < -0.39 is 29.4 Å². The maximum absolute atomic E-state index is 11.9. The number of hydrogen-bond acceptors (Lipinski definition) is 4. The third-order valence-electron chi connectivity index (χ3n) is 3.66. The minimum Gasteiger partial charge on any atom is -0.465 e. The Bertz CT molecular complexity index is 535. The average Bonchev–Trinajstić information content (AvgIpc) is 2.44. The van der Waals surface area contributed by atoms with Gasteiger partial charge in [0.25, 0.3) is 0 Å². The Morgan fingerprint density at radius 2 is 1.72 bits per heavy atom. The van der Waals surface area contributed by atoms with Gasteiger partial charge in [-0.05, 0) is 53.5 Å². The number of nitrogens with zero attached hydrogens (tertiary/aromatic N) is 1. The molecule has 1 rings (SSSR count). The first-order chi connectivity index (χ1) is 11.4. The normalized spacial score (nSPS) is 14.8. The molecule has 0 saturated carbocycles. The van der Waals surface area contributed by atoms with Gasteiger partial charge in [-0.15, -0.1) is 0 Å². The Morgan fingerprint density at radius 3 is 2.16 bits per heavy atom. The molecule has 3 N–H and O–H groups in total. The van der Waals surface area contributed by atoms with Crippen LogP contribution in [0.5, 0.6) is 0 Å². The van der Waals surface area contributed by atoms with Gasteiger partial charge in [0.1, 0.15) is 0 Å². The number of carbonyl (C=O) groups is 1. The van der Waals surface area contributed by atoms with Gasteiger partial charge in [-0.1, -0.05) is 30.3 Å². The summed E-state index contributed by atoms with van der Waals surface area (Å²) in [6, 6.07) is 8.98. The summed E-state index contributed by atoms with van der Waals surface area (Å²) in [5.41, 5.74) is 2.70. The van der Waals surface area contributed by atoms with Crippen molar-refractivity contribution >= 4 is 6.09 Å². The predicted molar refractivity (Wildman–Crippen MR) is 98.4 cm³/mol. The summed E-state index contributed by atoms with van der Waals surface area (Å²) in [4.78, 5) is 18.7. The van der Waals surface area contributed by atoms with Crippen molar-refractivity contribution < 1.29 is 19.8 Å². The SMILES string of the molecule is CC(C)(C)ONC[C@@H](O)[C@H](Cc1ccccc1)N(C(=O)O)C(C)(C)C. The maximum atomic E-state index is 11.9. The number of amides is 1. The van der Waals surface area contributed by atoms with Gasteiger partial charge in [0.05, 0.1) is 17.7 Å². The van der Waals surface area contributed by atoms with E-state index in [9.17, 15) is 15.0 Å². The van der Waals surface area contributed by atoms with Gasteiger partial charge in [-0.2, -0.15) is 5.48 Å². The van der Waals surface area contributed by atoms with Crippen LogP contribution >= 0.6 is 0 Å². The molecule has 0 aliphatic carbocycles. The lowest BCUT2D eigenvalue weighted by molar-refractivity contribution is -0.0922. The molecule has 0 bridgehead atoms. The molecule has 0 spiro atoms. The van der Waals surface area contributed by atoms with E-state index in [1.807, 2.05) is 71.9 Å². The molecule has 0 aromatic heterocycles. The van der Waals surface area contributed by atoms with Crippen LogP contribution in [0.4, 0.5) is 4.79 Å². The number of hydroxylamine groups is 1. The molecule has 0 aliphatic rings. The molecule has 0 saturated heterocycles. The van der Waals surface area contributed by atoms with Crippen LogP contribution in [0.2, 0.25) is 0 Å². The monoisotopic (exact) mass is 352 g/mol. The predicted octanol–water partition coefficient (Wildman–Crippen LogP) is 3.06. The number of benzene rings is 1. The van der Waals surface area contributed by atoms with Gasteiger partial charge in [-0.3, -0.25) is 9.74 Å². The van der Waals surface area contributed by atoms with Crippen molar-refractivity contribution in [2.75, 3.05) is 6.54 Å². The van der Waals surface area contributed by atoms with Gasteiger partial charge in [0, 0.05) is 12.1 Å². The zero-order valence-corrected chi connectivity index (χ0v) is 16.1. The van der Waals surface area contributed by atoms with Crippen molar-refractivity contribution in [2.24, 2.45) is 0 Å². The third-order valence-corrected chi connectivity index (χ3v) is 3.66. The van der Waals surface area contributed by atoms with Crippen LogP contribution in [0.15, 0.2) is 30.3 Å². The number of nitrogens with one attached hydrogen (secondary N) is 1. The molecule has 6 nitrogen and oxygen atoms in total. The summed E-state index contributed by atoms with van der Waals surface area (Å²) in [6.45, 7) is 11.3. The van der Waals surface area contributed by atoms with E-state index >= 15 is 0 Å². The Morgan fingerprint density at radius 1 is 1.16 bits per heavy atom. The summed E-state index contributed by atoms with van der Waals surface area (Å²) in [5, 5.41) is 20.4. The molecule has 1 amide bonds. The molecule has 0 aliphatic heterocycles. The van der Waals surface area contributed by atoms with E-state index in [1.165, 1.54) is 4.90 Å². The first kappa shape index (κ1) is 21.4. The first-order valence-electron chi connectivity index (χ1n) is 8.57. The second-order valence-corrected chi connectivity index (χ2v) is 8.21. The van der Waals surface area contributed by atoms with Crippen molar-refractivity contribution in [3.63, 3.8) is 0 Å². The first-order valence-corrected chi connectivity index (χ1v) is 8.57. The zero-order valence-electron chi connectivity index (χ0n) is 16.1. The molecule has 0 heterocycles. The van der Waals surface area contributed by atoms with E-state index in [1.54, 1.807) is 0 Å². The number of carboxylic acid groups (broad SMARTS) is 1. The fourth-order valence-corrected chi connectivity index (χ4v) is 2.66. The fraction of sp³-hybridized carbons (Fsp3) is 0.632. The lowest BCUT2D eigenvalue weighted by Gasteiger charge is -2.42. The van der Waals surface area contributed by atoms with E-state index in [-0.39, 0.29) is 6.54 Å². The Labute approximate surface area is 150 Å². The van der Waals surface area contributed by atoms with E-state index in [0.29, 0.717) is 6.42 Å². The van der Waals surface area contributed by atoms with Gasteiger partial charge in [-0.25, -0.2) is 4.79 Å². The molecule has 0 unspecified atom stereocenters. The summed E-state index contributed by atoms with van der Waals surface area (Å²) in [6.07, 6.45) is -1.55. The van der Waals surface area contributed by atoms with Crippen molar-refractivity contribution in [1.29, 1.82) is 0 Å². The smallest absolute Gasteiger partial charge is 0.408 e. The molecular weight excluding hydrogens is 320 g/mol. The largest absolute Gasteiger partial charge is 0.465 e. The van der Waals surface area contributed by atoms with Gasteiger partial charge in [0.15, 0.2) is 0 Å². The van der Waals surface area contributed by atoms with Crippen LogP contribution in [-0.2, 0) is 11.3 Å². The summed E-state index contributed by atoms with van der Waals surface area (Å²) < 4.78 is 0. The summed E-state index contributed by atoms with van der Waals surface area (Å²) in [5.74, 6) is 0. The van der Waals surface area contributed by atoms with Crippen molar-refractivity contribution in [1.82, 2.24) is 10.4 Å². The van der Waals surface area contributed by atoms with Gasteiger partial charge < -0.3 is 10.2 Å². The topological polar surface area (TPSA) is 82.0 Å². The molecule has 25 heavy (non-hydrogen) atoms. The summed E-state index contributed by atoms with van der Waals surface area (Å²) in [7, 11) is 0. The standard InChI is InChI=1S/C19H32N2O4/c1-18(2,3)21(17(23)24)15(12-14-10-8-7-9-11-14)16(22)13-20-25-19(4,5)6/h7-11,15-16,20,22H,12-13H2,1-6H3,(H,23,24)/t15-,16+/m0/s1. The second-order valence-electron chi connectivity index (χ2n) is 8.21. The Hall–Kier alpha value is -1.63. The van der Waals surface area contributed by atoms with E-state index in [4.69, 9.17) is 4.84 Å². The summed E-state index contributed by atoms with van der Waals surface area (Å²) >= 11 is 0. The number of rotatable bonds is 7. The third kappa shape index (κ3) is 7.42. The van der Waals surface area contributed by atoms with Crippen molar-refractivity contribution in [3.8, 4) is 0 Å². The quantitative estimate of drug-likeness (QED) is 0.657. The molecule has 0 radical (unpaired) electrons. The van der Waals surface area contributed by atoms with Crippen LogP contribution in [0.3, 0.4) is 0 Å². The molecule has 0 fully saturated rings. The fourth-order valence-electron chi connectivity index (χ4n) is 2.66. The molecule has 1 aromatic carbocycles. The Kier molecular flexibility index (Phi) is 7.41. The second kappa shape index (κ2) is 8.65. The molecule has 6 heteroatoms. The van der Waals surface area contributed by atoms with Crippen molar-refractivity contribution in [2.45, 2.75) is 71.2 Å². The van der Waals surface area contributed by atoms with Crippen LogP contribution < -0.4 is 5.48 Å². The Balaban J connectivity index is 2.99. The van der Waals surface area contributed by atoms with E-state index in [2.05, 4.69) is 5.48 Å². The molecular formula is C19H32N2O4. The highest BCUT2D eigenvalue weighted by Crippen LogP contribution is 2.22. The lowest BCUT2D eigenvalue weighted by atomic mass is 9.95. The number of hydrogen-bond donors (Lipinski definition) is 3. The number of aliphatic hydroxyl groups excluding tert-OH is 1. The minimum atomic E-state index is -1.05. The molecule has 1 aromatic rings. The molecule has 2 atom stereocenters. The van der Waals surface area contributed by atoms with Crippen LogP contribution in [-0.4, -0.2) is 51.0 Å². The zero-order chi connectivity index (χ0) is 19.3. The van der Waals surface area contributed by atoms with Crippen LogP contribution in [0.1, 0.15) is 47.1 Å². The van der Waals surface area contributed by atoms with Crippen molar-refractivity contribution in [3.05, 3.63) is 35.9 Å². The number of aliphatic hydroxyl groups is 1. The van der Waals surface area contributed by atoms with Crippen LogP contribution in [0.25, 0.3) is 0 Å². The lowest BCUT2D eigenvalue weighted by Crippen LogP contribution is -2.58. The van der Waals surface area contributed by atoms with Gasteiger partial charge in [0.2, 0.25) is 0 Å².